The van der Waals surface area contributed by atoms with Crippen molar-refractivity contribution in [2.24, 2.45) is 17.8 Å². The van der Waals surface area contributed by atoms with Crippen LogP contribution in [0.4, 0.5) is 4.79 Å². The highest BCUT2D eigenvalue weighted by Gasteiger charge is 2.44. The predicted octanol–water partition coefficient (Wildman–Crippen LogP) is 3.47. The molecule has 6 heteroatoms. The van der Waals surface area contributed by atoms with Crippen molar-refractivity contribution >= 4 is 12.0 Å². The Balaban J connectivity index is 1.41. The van der Waals surface area contributed by atoms with Gasteiger partial charge in [0.1, 0.15) is 5.60 Å². The topological polar surface area (TPSA) is 78.9 Å². The van der Waals surface area contributed by atoms with Crippen LogP contribution in [0.5, 0.6) is 0 Å². The minimum absolute atomic E-state index is 0.104. The zero-order valence-electron chi connectivity index (χ0n) is 17.8. The molecule has 3 fully saturated rings. The number of nitrogens with one attached hydrogen (secondary N) is 1. The van der Waals surface area contributed by atoms with E-state index in [9.17, 15) is 14.7 Å². The lowest BCUT2D eigenvalue weighted by atomic mass is 9.71. The highest BCUT2D eigenvalue weighted by Crippen LogP contribution is 2.40. The van der Waals surface area contributed by atoms with Crippen LogP contribution in [0, 0.1) is 17.8 Å². The molecule has 160 valence electrons. The van der Waals surface area contributed by atoms with Gasteiger partial charge in [0, 0.05) is 31.5 Å². The number of carbonyl (C=O) groups is 2. The molecule has 3 rings (SSSR count). The van der Waals surface area contributed by atoms with Crippen LogP contribution in [-0.2, 0) is 9.53 Å². The van der Waals surface area contributed by atoms with Gasteiger partial charge >= 0.3 is 6.09 Å². The number of ether oxygens (including phenoxy) is 1. The summed E-state index contributed by atoms with van der Waals surface area (Å²) in [7, 11) is 0. The largest absolute Gasteiger partial charge is 0.444 e. The summed E-state index contributed by atoms with van der Waals surface area (Å²) in [6.07, 6.45) is 8.32. The number of piperidine rings is 1. The smallest absolute Gasteiger partial charge is 0.407 e. The molecule has 28 heavy (non-hydrogen) atoms. The van der Waals surface area contributed by atoms with E-state index >= 15 is 0 Å². The van der Waals surface area contributed by atoms with Crippen molar-refractivity contribution in [2.75, 3.05) is 19.6 Å². The molecule has 0 aromatic rings. The number of amides is 2. The van der Waals surface area contributed by atoms with E-state index in [1.165, 1.54) is 6.42 Å². The van der Waals surface area contributed by atoms with Gasteiger partial charge in [-0.2, -0.15) is 0 Å². The average molecular weight is 395 g/mol. The fourth-order valence-corrected chi connectivity index (χ4v) is 5.18. The molecule has 0 spiro atoms. The zero-order valence-corrected chi connectivity index (χ0v) is 17.8. The number of hydrogen-bond donors (Lipinski definition) is 2. The maximum Gasteiger partial charge on any atom is 0.407 e. The molecule has 0 unspecified atom stereocenters. The van der Waals surface area contributed by atoms with Gasteiger partial charge in [-0.05, 0) is 71.6 Å². The van der Waals surface area contributed by atoms with Gasteiger partial charge < -0.3 is 20.1 Å². The molecule has 2 aliphatic carbocycles. The summed E-state index contributed by atoms with van der Waals surface area (Å²) in [5.41, 5.74) is -1.01. The molecule has 2 saturated carbocycles. The molecule has 1 aliphatic heterocycles. The van der Waals surface area contributed by atoms with Crippen molar-refractivity contribution in [3.8, 4) is 0 Å². The number of carbonyl (C=O) groups excluding carboxylic acids is 2. The Morgan fingerprint density at radius 3 is 2.50 bits per heavy atom. The molecule has 0 aromatic carbocycles. The SMILES string of the molecule is CC(C)(C)OC(=O)NCC1CCC(C(=O)N2CC[C@]3(O)CCCC[C@@H]3C2)CC1. The maximum atomic E-state index is 13.0. The van der Waals surface area contributed by atoms with Gasteiger partial charge in [-0.3, -0.25) is 4.79 Å². The summed E-state index contributed by atoms with van der Waals surface area (Å²) in [6, 6.07) is 0. The van der Waals surface area contributed by atoms with Crippen molar-refractivity contribution in [1.82, 2.24) is 10.2 Å². The normalized spacial score (nSPS) is 33.7. The number of aliphatic hydroxyl groups is 1. The number of nitrogens with zero attached hydrogens (tertiary/aromatic N) is 1. The summed E-state index contributed by atoms with van der Waals surface area (Å²) in [5, 5.41) is 13.7. The third kappa shape index (κ3) is 5.40. The van der Waals surface area contributed by atoms with E-state index in [2.05, 4.69) is 5.32 Å². The highest BCUT2D eigenvalue weighted by molar-refractivity contribution is 5.79. The third-order valence-electron chi connectivity index (χ3n) is 6.87. The monoisotopic (exact) mass is 394 g/mol. The average Bonchev–Trinajstić information content (AvgIpc) is 2.64. The number of likely N-dealkylation sites (tertiary alicyclic amines) is 1. The molecule has 0 aromatic heterocycles. The van der Waals surface area contributed by atoms with Crippen LogP contribution >= 0.6 is 0 Å². The molecular formula is C22H38N2O4. The molecule has 0 radical (unpaired) electrons. The summed E-state index contributed by atoms with van der Waals surface area (Å²) < 4.78 is 5.29. The van der Waals surface area contributed by atoms with Gasteiger partial charge in [0.25, 0.3) is 0 Å². The van der Waals surface area contributed by atoms with Crippen molar-refractivity contribution in [1.29, 1.82) is 0 Å². The summed E-state index contributed by atoms with van der Waals surface area (Å²) in [4.78, 5) is 26.8. The molecule has 6 nitrogen and oxygen atoms in total. The molecule has 1 heterocycles. The minimum atomic E-state index is -0.528. The quantitative estimate of drug-likeness (QED) is 0.768. The lowest BCUT2D eigenvalue weighted by Crippen LogP contribution is -2.55. The van der Waals surface area contributed by atoms with Crippen LogP contribution in [0.3, 0.4) is 0 Å². The van der Waals surface area contributed by atoms with Crippen molar-refractivity contribution in [3.05, 3.63) is 0 Å². The van der Waals surface area contributed by atoms with Crippen molar-refractivity contribution < 1.29 is 19.4 Å². The van der Waals surface area contributed by atoms with E-state index in [-0.39, 0.29) is 23.8 Å². The molecular weight excluding hydrogens is 356 g/mol. The molecule has 0 bridgehead atoms. The first-order valence-electron chi connectivity index (χ1n) is 11.1. The Kier molecular flexibility index (Phi) is 6.58. The zero-order chi connectivity index (χ0) is 20.4. The van der Waals surface area contributed by atoms with Gasteiger partial charge in [-0.25, -0.2) is 4.79 Å². The second kappa shape index (κ2) is 8.60. The van der Waals surface area contributed by atoms with E-state index in [1.54, 1.807) is 0 Å². The van der Waals surface area contributed by atoms with Crippen LogP contribution in [0.25, 0.3) is 0 Å². The number of fused-ring (bicyclic) bond motifs is 1. The highest BCUT2D eigenvalue weighted by atomic mass is 16.6. The van der Waals surface area contributed by atoms with E-state index < -0.39 is 11.2 Å². The van der Waals surface area contributed by atoms with Crippen LogP contribution < -0.4 is 5.32 Å². The fourth-order valence-electron chi connectivity index (χ4n) is 5.18. The molecule has 2 atom stereocenters. The summed E-state index contributed by atoms with van der Waals surface area (Å²) in [5.74, 6) is 1.06. The van der Waals surface area contributed by atoms with E-state index in [0.29, 0.717) is 19.0 Å². The Morgan fingerprint density at radius 2 is 1.82 bits per heavy atom. The Morgan fingerprint density at radius 1 is 1.11 bits per heavy atom. The Bertz CT molecular complexity index is 565. The second-order valence-electron chi connectivity index (χ2n) is 10.2. The lowest BCUT2D eigenvalue weighted by Gasteiger charge is -2.48. The summed E-state index contributed by atoms with van der Waals surface area (Å²) >= 11 is 0. The molecule has 2 N–H and O–H groups in total. The number of rotatable bonds is 3. The van der Waals surface area contributed by atoms with E-state index in [0.717, 1.165) is 57.9 Å². The molecule has 1 saturated heterocycles. The molecule has 2 amide bonds. The third-order valence-corrected chi connectivity index (χ3v) is 6.87. The number of hydrogen-bond acceptors (Lipinski definition) is 4. The van der Waals surface area contributed by atoms with Crippen LogP contribution in [0.1, 0.15) is 78.6 Å². The predicted molar refractivity (Wildman–Crippen MR) is 108 cm³/mol. The first kappa shape index (κ1) is 21.4. The van der Waals surface area contributed by atoms with Crippen molar-refractivity contribution in [3.63, 3.8) is 0 Å². The van der Waals surface area contributed by atoms with Gasteiger partial charge in [-0.1, -0.05) is 12.8 Å². The van der Waals surface area contributed by atoms with Gasteiger partial charge in [0.05, 0.1) is 5.60 Å². The minimum Gasteiger partial charge on any atom is -0.444 e. The first-order valence-corrected chi connectivity index (χ1v) is 11.1. The first-order chi connectivity index (χ1) is 13.2. The van der Waals surface area contributed by atoms with Gasteiger partial charge in [0.2, 0.25) is 5.91 Å². The number of alkyl carbamates (subject to hydrolysis) is 1. The van der Waals surface area contributed by atoms with E-state index in [4.69, 9.17) is 4.74 Å². The second-order valence-corrected chi connectivity index (χ2v) is 10.2. The van der Waals surface area contributed by atoms with Crippen LogP contribution in [-0.4, -0.2) is 52.8 Å². The van der Waals surface area contributed by atoms with Gasteiger partial charge in [0.15, 0.2) is 0 Å². The van der Waals surface area contributed by atoms with Crippen molar-refractivity contribution in [2.45, 2.75) is 89.8 Å². The van der Waals surface area contributed by atoms with Crippen LogP contribution in [0.2, 0.25) is 0 Å². The summed E-state index contributed by atoms with van der Waals surface area (Å²) in [6.45, 7) is 7.63. The lowest BCUT2D eigenvalue weighted by molar-refractivity contribution is -0.148. The maximum absolute atomic E-state index is 13.0. The fraction of sp³-hybridized carbons (Fsp3) is 0.909. The standard InChI is InChI=1S/C22H38N2O4/c1-21(2,3)28-20(26)23-14-16-7-9-17(10-8-16)19(25)24-13-12-22(27)11-5-4-6-18(22)15-24/h16-18,27H,4-15H2,1-3H3,(H,23,26)/t16?,17?,18-,22-/m1/s1. The van der Waals surface area contributed by atoms with E-state index in [1.807, 2.05) is 25.7 Å². The Labute approximate surface area is 169 Å². The molecule has 3 aliphatic rings. The van der Waals surface area contributed by atoms with Crippen LogP contribution in [0.15, 0.2) is 0 Å². The Hall–Kier alpha value is -1.30. The van der Waals surface area contributed by atoms with Gasteiger partial charge in [-0.15, -0.1) is 0 Å².